The Labute approximate surface area is 95.1 Å². The second-order valence-electron chi connectivity index (χ2n) is 3.96. The Kier molecular flexibility index (Phi) is 4.70. The first-order valence-electron chi connectivity index (χ1n) is 5.41. The van der Waals surface area contributed by atoms with Crippen molar-refractivity contribution in [2.45, 2.75) is 13.0 Å². The highest BCUT2D eigenvalue weighted by molar-refractivity contribution is 5.86. The van der Waals surface area contributed by atoms with Crippen LogP contribution in [0.15, 0.2) is 0 Å². The summed E-state index contributed by atoms with van der Waals surface area (Å²) in [6.07, 6.45) is 0. The van der Waals surface area contributed by atoms with Gasteiger partial charge in [-0.1, -0.05) is 0 Å². The van der Waals surface area contributed by atoms with Gasteiger partial charge in [-0.15, -0.1) is 0 Å². The van der Waals surface area contributed by atoms with Crippen molar-refractivity contribution in [3.05, 3.63) is 0 Å². The lowest BCUT2D eigenvalue weighted by Gasteiger charge is -2.21. The van der Waals surface area contributed by atoms with Gasteiger partial charge in [-0.2, -0.15) is 0 Å². The molecule has 92 valence electrons. The van der Waals surface area contributed by atoms with Crippen LogP contribution in [-0.2, 0) is 14.3 Å². The molecule has 0 aromatic rings. The third-order valence-corrected chi connectivity index (χ3v) is 2.57. The van der Waals surface area contributed by atoms with Crippen LogP contribution in [0.4, 0.5) is 0 Å². The maximum Gasteiger partial charge on any atom is 0.239 e. The molecule has 0 radical (unpaired) electrons. The van der Waals surface area contributed by atoms with Crippen LogP contribution >= 0.6 is 0 Å². The summed E-state index contributed by atoms with van der Waals surface area (Å²) >= 11 is 0. The Morgan fingerprint density at radius 3 is 2.69 bits per heavy atom. The van der Waals surface area contributed by atoms with Crippen molar-refractivity contribution in [2.24, 2.45) is 11.7 Å². The molecule has 1 aliphatic heterocycles. The molecule has 2 atom stereocenters. The fourth-order valence-electron chi connectivity index (χ4n) is 1.65. The lowest BCUT2D eigenvalue weighted by molar-refractivity contribution is -0.138. The Morgan fingerprint density at radius 1 is 1.50 bits per heavy atom. The van der Waals surface area contributed by atoms with Crippen LogP contribution in [0.25, 0.3) is 0 Å². The molecule has 1 aliphatic rings. The number of rotatable bonds is 4. The number of amides is 2. The standard InChI is InChI=1S/C10H19N3O3/c1-3-12-9(14)4-13(2)10(15)7-5-16-6-8(7)11/h7-8H,3-6,11H2,1-2H3,(H,12,14). The molecule has 2 amide bonds. The minimum absolute atomic E-state index is 0.0654. The van der Waals surface area contributed by atoms with Gasteiger partial charge in [0.15, 0.2) is 0 Å². The maximum absolute atomic E-state index is 11.9. The topological polar surface area (TPSA) is 84.7 Å². The molecule has 0 saturated carbocycles. The lowest BCUT2D eigenvalue weighted by Crippen LogP contribution is -2.45. The minimum atomic E-state index is -0.320. The Balaban J connectivity index is 2.44. The summed E-state index contributed by atoms with van der Waals surface area (Å²) < 4.78 is 5.12. The summed E-state index contributed by atoms with van der Waals surface area (Å²) in [5, 5.41) is 2.64. The van der Waals surface area contributed by atoms with Crippen LogP contribution in [0, 0.1) is 5.92 Å². The van der Waals surface area contributed by atoms with E-state index in [0.29, 0.717) is 19.8 Å². The van der Waals surface area contributed by atoms with Crippen molar-refractivity contribution in [2.75, 3.05) is 33.4 Å². The molecule has 1 heterocycles. The van der Waals surface area contributed by atoms with Crippen LogP contribution < -0.4 is 11.1 Å². The first-order chi connectivity index (χ1) is 7.56. The van der Waals surface area contributed by atoms with Crippen LogP contribution in [0.5, 0.6) is 0 Å². The molecule has 1 fully saturated rings. The average molecular weight is 229 g/mol. The van der Waals surface area contributed by atoms with E-state index in [0.717, 1.165) is 0 Å². The number of nitrogens with two attached hydrogens (primary N) is 1. The predicted molar refractivity (Wildman–Crippen MR) is 58.6 cm³/mol. The Hall–Kier alpha value is -1.14. The molecule has 16 heavy (non-hydrogen) atoms. The van der Waals surface area contributed by atoms with E-state index in [1.807, 2.05) is 6.92 Å². The minimum Gasteiger partial charge on any atom is -0.379 e. The summed E-state index contributed by atoms with van der Waals surface area (Å²) in [5.74, 6) is -0.610. The highest BCUT2D eigenvalue weighted by Gasteiger charge is 2.33. The van der Waals surface area contributed by atoms with Crippen LogP contribution in [-0.4, -0.2) is 56.1 Å². The average Bonchev–Trinajstić information content (AvgIpc) is 2.63. The first-order valence-corrected chi connectivity index (χ1v) is 5.41. The van der Waals surface area contributed by atoms with Gasteiger partial charge in [-0.3, -0.25) is 9.59 Å². The number of ether oxygens (including phenoxy) is 1. The summed E-state index contributed by atoms with van der Waals surface area (Å²) in [5.41, 5.74) is 5.73. The van der Waals surface area contributed by atoms with Crippen molar-refractivity contribution in [3.8, 4) is 0 Å². The molecule has 1 rings (SSSR count). The van der Waals surface area contributed by atoms with E-state index in [2.05, 4.69) is 5.32 Å². The molecule has 0 aromatic heterocycles. The number of carbonyl (C=O) groups is 2. The maximum atomic E-state index is 11.9. The van der Waals surface area contributed by atoms with Crippen molar-refractivity contribution >= 4 is 11.8 Å². The molecule has 2 unspecified atom stereocenters. The van der Waals surface area contributed by atoms with Crippen LogP contribution in [0.3, 0.4) is 0 Å². The number of carbonyl (C=O) groups excluding carboxylic acids is 2. The SMILES string of the molecule is CCNC(=O)CN(C)C(=O)C1COCC1N. The third-order valence-electron chi connectivity index (χ3n) is 2.57. The van der Waals surface area contributed by atoms with Gasteiger partial charge in [-0.05, 0) is 6.92 Å². The van der Waals surface area contributed by atoms with Crippen molar-refractivity contribution < 1.29 is 14.3 Å². The smallest absolute Gasteiger partial charge is 0.239 e. The van der Waals surface area contributed by atoms with Crippen LogP contribution in [0.1, 0.15) is 6.92 Å². The van der Waals surface area contributed by atoms with E-state index >= 15 is 0 Å². The third kappa shape index (κ3) is 3.18. The van der Waals surface area contributed by atoms with Gasteiger partial charge in [-0.25, -0.2) is 0 Å². The quantitative estimate of drug-likeness (QED) is 0.618. The van der Waals surface area contributed by atoms with Crippen molar-refractivity contribution in [3.63, 3.8) is 0 Å². The molecular formula is C10H19N3O3. The lowest BCUT2D eigenvalue weighted by atomic mass is 10.0. The molecular weight excluding hydrogens is 210 g/mol. The number of nitrogens with zero attached hydrogens (tertiary/aromatic N) is 1. The van der Waals surface area contributed by atoms with Gasteiger partial charge < -0.3 is 20.7 Å². The van der Waals surface area contributed by atoms with E-state index in [1.54, 1.807) is 7.05 Å². The van der Waals surface area contributed by atoms with E-state index in [1.165, 1.54) is 4.90 Å². The monoisotopic (exact) mass is 229 g/mol. The van der Waals surface area contributed by atoms with E-state index in [-0.39, 0.29) is 30.3 Å². The molecule has 0 aliphatic carbocycles. The van der Waals surface area contributed by atoms with E-state index in [9.17, 15) is 9.59 Å². The van der Waals surface area contributed by atoms with Gasteiger partial charge in [0.2, 0.25) is 11.8 Å². The number of likely N-dealkylation sites (N-methyl/N-ethyl adjacent to an activating group) is 2. The summed E-state index contributed by atoms with van der Waals surface area (Å²) in [4.78, 5) is 24.6. The van der Waals surface area contributed by atoms with Gasteiger partial charge in [0.25, 0.3) is 0 Å². The van der Waals surface area contributed by atoms with E-state index in [4.69, 9.17) is 10.5 Å². The Morgan fingerprint density at radius 2 is 2.19 bits per heavy atom. The molecule has 6 heteroatoms. The number of hydrogen-bond donors (Lipinski definition) is 2. The molecule has 0 spiro atoms. The van der Waals surface area contributed by atoms with Crippen molar-refractivity contribution in [1.29, 1.82) is 0 Å². The van der Waals surface area contributed by atoms with Gasteiger partial charge in [0.1, 0.15) is 0 Å². The zero-order chi connectivity index (χ0) is 12.1. The van der Waals surface area contributed by atoms with Gasteiger partial charge in [0, 0.05) is 19.6 Å². The van der Waals surface area contributed by atoms with Gasteiger partial charge >= 0.3 is 0 Å². The fourth-order valence-corrected chi connectivity index (χ4v) is 1.65. The Bertz CT molecular complexity index is 270. The van der Waals surface area contributed by atoms with Crippen LogP contribution in [0.2, 0.25) is 0 Å². The summed E-state index contributed by atoms with van der Waals surface area (Å²) in [7, 11) is 1.60. The predicted octanol–water partition coefficient (Wildman–Crippen LogP) is -1.45. The molecule has 0 aromatic carbocycles. The molecule has 6 nitrogen and oxygen atoms in total. The van der Waals surface area contributed by atoms with Crippen molar-refractivity contribution in [1.82, 2.24) is 10.2 Å². The molecule has 3 N–H and O–H groups in total. The van der Waals surface area contributed by atoms with E-state index < -0.39 is 0 Å². The molecule has 0 bridgehead atoms. The van der Waals surface area contributed by atoms with Gasteiger partial charge in [0.05, 0.1) is 25.7 Å². The second-order valence-corrected chi connectivity index (χ2v) is 3.96. The molecule has 1 saturated heterocycles. The largest absolute Gasteiger partial charge is 0.379 e. The number of hydrogen-bond acceptors (Lipinski definition) is 4. The first kappa shape index (κ1) is 12.9. The normalized spacial score (nSPS) is 24.2. The zero-order valence-corrected chi connectivity index (χ0v) is 9.73. The highest BCUT2D eigenvalue weighted by Crippen LogP contribution is 2.13. The second kappa shape index (κ2) is 5.81. The zero-order valence-electron chi connectivity index (χ0n) is 9.73. The fraction of sp³-hybridized carbons (Fsp3) is 0.800. The summed E-state index contributed by atoms with van der Waals surface area (Å²) in [6.45, 7) is 3.22. The highest BCUT2D eigenvalue weighted by atomic mass is 16.5. The summed E-state index contributed by atoms with van der Waals surface area (Å²) in [6, 6.07) is -0.260. The number of nitrogens with one attached hydrogen (secondary N) is 1.